The molecule has 1 unspecified atom stereocenters. The number of amides is 3. The van der Waals surface area contributed by atoms with Gasteiger partial charge in [0, 0.05) is 19.7 Å². The number of ether oxygens (including phenoxy) is 2. The zero-order valence-electron chi connectivity index (χ0n) is 24.2. The minimum absolute atomic E-state index is 0.0581. The van der Waals surface area contributed by atoms with Crippen LogP contribution in [0.5, 0.6) is 0 Å². The second-order valence-corrected chi connectivity index (χ2v) is 10.8. The lowest BCUT2D eigenvalue weighted by molar-refractivity contribution is -0.120. The summed E-state index contributed by atoms with van der Waals surface area (Å²) in [4.78, 5) is 59.9. The van der Waals surface area contributed by atoms with Gasteiger partial charge in [-0.25, -0.2) is 9.78 Å². The second-order valence-electron chi connectivity index (χ2n) is 10.8. The predicted octanol–water partition coefficient (Wildman–Crippen LogP) is 2.96. The van der Waals surface area contributed by atoms with E-state index >= 15 is 0 Å². The monoisotopic (exact) mass is 578 g/mol. The molecular weight excluding hydrogens is 540 g/mol. The van der Waals surface area contributed by atoms with Crippen molar-refractivity contribution in [2.24, 2.45) is 11.7 Å². The summed E-state index contributed by atoms with van der Waals surface area (Å²) in [6.45, 7) is 5.27. The van der Waals surface area contributed by atoms with Gasteiger partial charge in [0.2, 0.25) is 11.8 Å². The molecule has 12 heteroatoms. The number of carbonyl (C=O) groups is 3. The Kier molecular flexibility index (Phi) is 10.1. The number of H-pyrrole nitrogens is 1. The van der Waals surface area contributed by atoms with Crippen LogP contribution in [0, 0.1) is 5.92 Å². The van der Waals surface area contributed by atoms with E-state index in [2.05, 4.69) is 30.2 Å². The van der Waals surface area contributed by atoms with Crippen LogP contribution in [0.4, 0.5) is 10.5 Å². The van der Waals surface area contributed by atoms with Crippen molar-refractivity contribution in [3.8, 4) is 0 Å². The largest absolute Gasteiger partial charge is 0.444 e. The third-order valence-electron chi connectivity index (χ3n) is 6.97. The van der Waals surface area contributed by atoms with E-state index in [1.165, 1.54) is 34.7 Å². The molecule has 3 heterocycles. The second kappa shape index (κ2) is 13.9. The first-order chi connectivity index (χ1) is 20.1. The Morgan fingerprint density at radius 2 is 2.10 bits per heavy atom. The van der Waals surface area contributed by atoms with Crippen molar-refractivity contribution in [2.45, 2.75) is 58.2 Å². The number of imidazole rings is 1. The van der Waals surface area contributed by atoms with Gasteiger partial charge in [0.25, 0.3) is 5.56 Å². The van der Waals surface area contributed by atoms with Gasteiger partial charge in [0.15, 0.2) is 0 Å². The Morgan fingerprint density at radius 3 is 2.81 bits per heavy atom. The summed E-state index contributed by atoms with van der Waals surface area (Å²) < 4.78 is 12.2. The fourth-order valence-corrected chi connectivity index (χ4v) is 4.87. The molecule has 1 aliphatic rings. The summed E-state index contributed by atoms with van der Waals surface area (Å²) in [5, 5.41) is 2.68. The Balaban J connectivity index is 1.51. The van der Waals surface area contributed by atoms with E-state index in [-0.39, 0.29) is 31.2 Å². The molecule has 0 spiro atoms. The minimum atomic E-state index is -0.986. The number of likely N-dealkylation sites (N-methyl/N-ethyl adjacent to an activating group) is 1. The van der Waals surface area contributed by atoms with E-state index in [0.717, 1.165) is 23.0 Å². The maximum Gasteiger partial charge on any atom is 0.410 e. The fraction of sp³-hybridized carbons (Fsp3) is 0.433. The number of primary amides is 1. The molecule has 0 bridgehead atoms. The molecule has 2 aromatic heterocycles. The van der Waals surface area contributed by atoms with Crippen molar-refractivity contribution < 1.29 is 23.9 Å². The predicted molar refractivity (Wildman–Crippen MR) is 158 cm³/mol. The molecule has 3 amide bonds. The molecule has 1 fully saturated rings. The van der Waals surface area contributed by atoms with Gasteiger partial charge in [-0.3, -0.25) is 19.3 Å². The summed E-state index contributed by atoms with van der Waals surface area (Å²) >= 11 is 0. The van der Waals surface area contributed by atoms with Crippen LogP contribution in [0.25, 0.3) is 11.0 Å². The number of aromatic nitrogens is 3. The fourth-order valence-electron chi connectivity index (χ4n) is 4.87. The quantitative estimate of drug-likeness (QED) is 0.278. The van der Waals surface area contributed by atoms with E-state index < -0.39 is 29.5 Å². The molecular formula is C30H38N6O6. The number of nitrogens with one attached hydrogen (secondary N) is 2. The first-order valence-corrected chi connectivity index (χ1v) is 14.1. The van der Waals surface area contributed by atoms with Crippen LogP contribution in [0.2, 0.25) is 0 Å². The third-order valence-corrected chi connectivity index (χ3v) is 6.97. The van der Waals surface area contributed by atoms with Crippen molar-refractivity contribution in [3.63, 3.8) is 0 Å². The zero-order chi connectivity index (χ0) is 30.2. The lowest BCUT2D eigenvalue weighted by Gasteiger charge is -2.27. The Morgan fingerprint density at radius 1 is 1.29 bits per heavy atom. The average Bonchev–Trinajstić information content (AvgIpc) is 3.60. The highest BCUT2D eigenvalue weighted by atomic mass is 16.6. The van der Waals surface area contributed by atoms with Gasteiger partial charge in [-0.2, -0.15) is 0 Å². The molecule has 4 rings (SSSR count). The Hall–Kier alpha value is -4.45. The molecule has 1 aromatic carbocycles. The van der Waals surface area contributed by atoms with Crippen LogP contribution >= 0.6 is 0 Å². The lowest BCUT2D eigenvalue weighted by atomic mass is 10.0. The molecule has 224 valence electrons. The van der Waals surface area contributed by atoms with Crippen LogP contribution in [0.15, 0.2) is 53.5 Å². The van der Waals surface area contributed by atoms with Gasteiger partial charge >= 0.3 is 6.09 Å². The first-order valence-electron chi connectivity index (χ1n) is 14.1. The molecule has 12 nitrogen and oxygen atoms in total. The molecule has 2 atom stereocenters. The zero-order valence-corrected chi connectivity index (χ0v) is 24.2. The van der Waals surface area contributed by atoms with E-state index in [9.17, 15) is 19.2 Å². The molecule has 4 N–H and O–H groups in total. The average molecular weight is 579 g/mol. The standard InChI is InChI=1S/C30H38N6O6/c1-19(2)16-20-8-6-9-22-27(20)34-26(32-22)17-36-14-7-10-23(29(36)39)33-28(38)24(11-4-5-12-25(31)37)35(3)30(40)42-21-13-15-41-18-21/h5-10,12,14,19,21,24H,4,11,13,15-18H2,1-3H3,(H2,31,37)(H,32,34)(H,33,38)/b12-5+/t21?,24-/m0/s1. The number of carbonyl (C=O) groups excluding carboxylic acids is 3. The van der Waals surface area contributed by atoms with Crippen molar-refractivity contribution >= 4 is 34.6 Å². The van der Waals surface area contributed by atoms with E-state index in [1.807, 2.05) is 12.1 Å². The number of nitrogens with zero attached hydrogens (tertiary/aromatic N) is 3. The summed E-state index contributed by atoms with van der Waals surface area (Å²) in [6, 6.07) is 8.18. The van der Waals surface area contributed by atoms with Crippen molar-refractivity contribution in [1.29, 1.82) is 0 Å². The first kappa shape index (κ1) is 30.5. The minimum Gasteiger partial charge on any atom is -0.444 e. The smallest absolute Gasteiger partial charge is 0.410 e. The molecule has 3 aromatic rings. The van der Waals surface area contributed by atoms with E-state index in [4.69, 9.17) is 20.2 Å². The number of allylic oxidation sites excluding steroid dienone is 1. The Bertz CT molecular complexity index is 1500. The third kappa shape index (κ3) is 7.84. The van der Waals surface area contributed by atoms with E-state index in [1.54, 1.807) is 12.3 Å². The van der Waals surface area contributed by atoms with Gasteiger partial charge in [-0.1, -0.05) is 32.1 Å². The SMILES string of the molecule is CC(C)Cc1cccc2[nH]c(Cn3cccc(NC(=O)[C@H](CC/C=C/C(N)=O)N(C)C(=O)OC4CCOC4)c3=O)nc12. The number of hydrogen-bond acceptors (Lipinski definition) is 7. The summed E-state index contributed by atoms with van der Waals surface area (Å²) in [5.41, 5.74) is 7.71. The molecule has 42 heavy (non-hydrogen) atoms. The van der Waals surface area contributed by atoms with Crippen LogP contribution in [-0.4, -0.2) is 69.7 Å². The van der Waals surface area contributed by atoms with E-state index in [0.29, 0.717) is 31.4 Å². The van der Waals surface area contributed by atoms with Crippen molar-refractivity contribution in [3.05, 3.63) is 70.4 Å². The molecule has 1 saturated heterocycles. The highest BCUT2D eigenvalue weighted by molar-refractivity contribution is 5.96. The molecule has 0 radical (unpaired) electrons. The number of para-hydroxylation sites is 1. The van der Waals surface area contributed by atoms with Gasteiger partial charge in [0.05, 0.1) is 30.8 Å². The number of aromatic amines is 1. The Labute approximate surface area is 243 Å². The number of anilines is 1. The summed E-state index contributed by atoms with van der Waals surface area (Å²) in [5.74, 6) is -0.0968. The number of pyridine rings is 1. The summed E-state index contributed by atoms with van der Waals surface area (Å²) in [6.07, 6.45) is 5.20. The number of fused-ring (bicyclic) bond motifs is 1. The van der Waals surface area contributed by atoms with Gasteiger partial charge in [-0.15, -0.1) is 0 Å². The highest BCUT2D eigenvalue weighted by Crippen LogP contribution is 2.20. The number of benzene rings is 1. The lowest BCUT2D eigenvalue weighted by Crippen LogP contribution is -2.46. The normalized spacial score (nSPS) is 15.8. The number of rotatable bonds is 12. The van der Waals surface area contributed by atoms with Gasteiger partial charge in [-0.05, 0) is 55.0 Å². The van der Waals surface area contributed by atoms with Crippen molar-refractivity contribution in [1.82, 2.24) is 19.4 Å². The van der Waals surface area contributed by atoms with Gasteiger partial charge in [0.1, 0.15) is 23.7 Å². The van der Waals surface area contributed by atoms with Crippen LogP contribution in [-0.2, 0) is 32.0 Å². The van der Waals surface area contributed by atoms with Crippen LogP contribution in [0.1, 0.15) is 44.5 Å². The maximum atomic E-state index is 13.4. The maximum absolute atomic E-state index is 13.4. The van der Waals surface area contributed by atoms with Crippen LogP contribution < -0.4 is 16.6 Å². The highest BCUT2D eigenvalue weighted by Gasteiger charge is 2.30. The molecule has 1 aliphatic heterocycles. The molecule has 0 aliphatic carbocycles. The van der Waals surface area contributed by atoms with Gasteiger partial charge < -0.3 is 30.1 Å². The van der Waals surface area contributed by atoms with Crippen molar-refractivity contribution in [2.75, 3.05) is 25.6 Å². The molecule has 0 saturated carbocycles. The number of hydrogen-bond donors (Lipinski definition) is 3. The number of nitrogens with two attached hydrogens (primary N) is 1. The van der Waals surface area contributed by atoms with Crippen LogP contribution in [0.3, 0.4) is 0 Å². The summed E-state index contributed by atoms with van der Waals surface area (Å²) in [7, 11) is 1.46. The topological polar surface area (TPSA) is 162 Å².